The van der Waals surface area contributed by atoms with E-state index in [9.17, 15) is 4.79 Å². The summed E-state index contributed by atoms with van der Waals surface area (Å²) in [6.07, 6.45) is 0.495. The average molecular weight is 291 g/mol. The zero-order chi connectivity index (χ0) is 15.7. The minimum Gasteiger partial charge on any atom is -0.294 e. The summed E-state index contributed by atoms with van der Waals surface area (Å²) in [6, 6.07) is 15.6. The molecular formula is C18H17N3O. The monoisotopic (exact) mass is 291 g/mol. The molecule has 0 atom stereocenters. The summed E-state index contributed by atoms with van der Waals surface area (Å²) in [7, 11) is 0. The summed E-state index contributed by atoms with van der Waals surface area (Å²) >= 11 is 0. The van der Waals surface area contributed by atoms with E-state index in [-0.39, 0.29) is 11.6 Å². The molecule has 4 nitrogen and oxygen atoms in total. The molecule has 3 rings (SSSR count). The lowest BCUT2D eigenvalue weighted by molar-refractivity contribution is -0.112. The normalized spacial score (nSPS) is 14.5. The molecule has 1 amide bonds. The van der Waals surface area contributed by atoms with Crippen LogP contribution in [0.1, 0.15) is 16.7 Å². The van der Waals surface area contributed by atoms with Crippen molar-refractivity contribution in [3.63, 3.8) is 0 Å². The van der Waals surface area contributed by atoms with Crippen molar-refractivity contribution in [2.24, 2.45) is 5.10 Å². The van der Waals surface area contributed by atoms with Crippen LogP contribution in [0.5, 0.6) is 0 Å². The van der Waals surface area contributed by atoms with Gasteiger partial charge in [-0.25, -0.2) is 0 Å². The molecule has 0 radical (unpaired) electrons. The second-order valence-electron chi connectivity index (χ2n) is 5.54. The number of amides is 1. The second kappa shape index (κ2) is 5.56. The molecule has 1 N–H and O–H groups in total. The van der Waals surface area contributed by atoms with Crippen LogP contribution in [0.4, 0.5) is 5.69 Å². The van der Waals surface area contributed by atoms with Gasteiger partial charge in [0.2, 0.25) is 0 Å². The molecule has 2 aromatic carbocycles. The molecule has 110 valence electrons. The lowest BCUT2D eigenvalue weighted by Gasteiger charge is -2.11. The van der Waals surface area contributed by atoms with E-state index in [4.69, 9.17) is 5.41 Å². The third-order valence-electron chi connectivity index (χ3n) is 3.62. The van der Waals surface area contributed by atoms with E-state index in [1.807, 2.05) is 56.3 Å². The molecule has 2 aromatic rings. The first-order chi connectivity index (χ1) is 10.5. The fourth-order valence-corrected chi connectivity index (χ4v) is 2.52. The highest BCUT2D eigenvalue weighted by molar-refractivity contribution is 6.70. The van der Waals surface area contributed by atoms with Crippen molar-refractivity contribution in [2.75, 3.05) is 5.01 Å². The van der Waals surface area contributed by atoms with E-state index in [2.05, 4.69) is 11.2 Å². The van der Waals surface area contributed by atoms with Crippen LogP contribution in [-0.2, 0) is 11.2 Å². The van der Waals surface area contributed by atoms with Crippen LogP contribution in [0.3, 0.4) is 0 Å². The molecule has 0 fully saturated rings. The van der Waals surface area contributed by atoms with E-state index in [1.54, 1.807) is 0 Å². The predicted octanol–water partition coefficient (Wildman–Crippen LogP) is 3.27. The SMILES string of the molecule is Cc1cccc(CC2=NN(c3cccc(C)c3)C(=O)C2=N)c1. The van der Waals surface area contributed by atoms with Gasteiger partial charge in [0, 0.05) is 6.42 Å². The Hall–Kier alpha value is -2.75. The first kappa shape index (κ1) is 14.2. The number of hydrazone groups is 1. The number of aryl methyl sites for hydroxylation is 2. The number of anilines is 1. The number of nitrogens with zero attached hydrogens (tertiary/aromatic N) is 2. The molecule has 0 saturated carbocycles. The second-order valence-corrected chi connectivity index (χ2v) is 5.54. The Labute approximate surface area is 129 Å². The highest BCUT2D eigenvalue weighted by Gasteiger charge is 2.31. The molecular weight excluding hydrogens is 274 g/mol. The van der Waals surface area contributed by atoms with Gasteiger partial charge in [0.15, 0.2) is 0 Å². The number of nitrogens with one attached hydrogen (secondary N) is 1. The van der Waals surface area contributed by atoms with Crippen LogP contribution in [0, 0.1) is 19.3 Å². The molecule has 0 bridgehead atoms. The first-order valence-corrected chi connectivity index (χ1v) is 7.17. The molecule has 4 heteroatoms. The summed E-state index contributed by atoms with van der Waals surface area (Å²) in [5.74, 6) is -0.367. The van der Waals surface area contributed by atoms with Gasteiger partial charge < -0.3 is 0 Å². The molecule has 1 aliphatic heterocycles. The molecule has 0 unspecified atom stereocenters. The van der Waals surface area contributed by atoms with E-state index in [1.165, 1.54) is 5.01 Å². The lowest BCUT2D eigenvalue weighted by Crippen LogP contribution is -2.27. The standard InChI is InChI=1S/C18H17N3O/c1-12-5-3-7-14(9-12)11-16-17(19)18(22)21(20-16)15-8-4-6-13(2)10-15/h3-10,19H,11H2,1-2H3. The van der Waals surface area contributed by atoms with Gasteiger partial charge in [0.25, 0.3) is 5.91 Å². The number of benzene rings is 2. The maximum absolute atomic E-state index is 12.3. The van der Waals surface area contributed by atoms with E-state index in [0.717, 1.165) is 16.7 Å². The van der Waals surface area contributed by atoms with Gasteiger partial charge in [-0.3, -0.25) is 10.2 Å². The quantitative estimate of drug-likeness (QED) is 0.927. The summed E-state index contributed by atoms with van der Waals surface area (Å²) in [4.78, 5) is 12.3. The average Bonchev–Trinajstić information content (AvgIpc) is 2.76. The third kappa shape index (κ3) is 2.68. The maximum atomic E-state index is 12.3. The molecule has 0 saturated heterocycles. The third-order valence-corrected chi connectivity index (χ3v) is 3.62. The predicted molar refractivity (Wildman–Crippen MR) is 88.7 cm³/mol. The Balaban J connectivity index is 1.90. The van der Waals surface area contributed by atoms with Crippen LogP contribution in [0.25, 0.3) is 0 Å². The Morgan fingerprint density at radius 3 is 2.41 bits per heavy atom. The van der Waals surface area contributed by atoms with Crippen molar-refractivity contribution in [3.8, 4) is 0 Å². The minimum atomic E-state index is -0.367. The lowest BCUT2D eigenvalue weighted by atomic mass is 10.0. The number of carbonyl (C=O) groups excluding carboxylic acids is 1. The molecule has 0 spiro atoms. The summed E-state index contributed by atoms with van der Waals surface area (Å²) in [5, 5.41) is 13.7. The van der Waals surface area contributed by atoms with Gasteiger partial charge in [-0.15, -0.1) is 0 Å². The number of rotatable bonds is 3. The van der Waals surface area contributed by atoms with Crippen LogP contribution < -0.4 is 5.01 Å². The Morgan fingerprint density at radius 2 is 1.73 bits per heavy atom. The van der Waals surface area contributed by atoms with Gasteiger partial charge in [-0.1, -0.05) is 42.0 Å². The van der Waals surface area contributed by atoms with E-state index >= 15 is 0 Å². The Bertz CT molecular complexity index is 792. The molecule has 22 heavy (non-hydrogen) atoms. The van der Waals surface area contributed by atoms with Crippen molar-refractivity contribution in [1.82, 2.24) is 0 Å². The Morgan fingerprint density at radius 1 is 1.05 bits per heavy atom. The van der Waals surface area contributed by atoms with Gasteiger partial charge in [0.1, 0.15) is 5.71 Å². The van der Waals surface area contributed by atoms with Gasteiger partial charge in [-0.05, 0) is 37.1 Å². The van der Waals surface area contributed by atoms with E-state index in [0.29, 0.717) is 17.8 Å². The first-order valence-electron chi connectivity index (χ1n) is 7.17. The summed E-state index contributed by atoms with van der Waals surface area (Å²) in [5.41, 5.74) is 4.46. The van der Waals surface area contributed by atoms with Crippen LogP contribution in [-0.4, -0.2) is 17.3 Å². The van der Waals surface area contributed by atoms with Crippen LogP contribution in [0.2, 0.25) is 0 Å². The van der Waals surface area contributed by atoms with Crippen molar-refractivity contribution in [2.45, 2.75) is 20.3 Å². The Kier molecular flexibility index (Phi) is 3.59. The molecule has 1 aliphatic rings. The largest absolute Gasteiger partial charge is 0.298 e. The number of hydrogen-bond donors (Lipinski definition) is 1. The highest BCUT2D eigenvalue weighted by Crippen LogP contribution is 2.21. The number of carbonyl (C=O) groups is 1. The van der Waals surface area contributed by atoms with Gasteiger partial charge in [-0.2, -0.15) is 10.1 Å². The zero-order valence-corrected chi connectivity index (χ0v) is 12.6. The summed E-state index contributed by atoms with van der Waals surface area (Å²) in [6.45, 7) is 3.99. The maximum Gasteiger partial charge on any atom is 0.298 e. The van der Waals surface area contributed by atoms with Crippen LogP contribution >= 0.6 is 0 Å². The van der Waals surface area contributed by atoms with Crippen molar-refractivity contribution >= 4 is 23.0 Å². The fraction of sp³-hybridized carbons (Fsp3) is 0.167. The highest BCUT2D eigenvalue weighted by atomic mass is 16.2. The van der Waals surface area contributed by atoms with Crippen LogP contribution in [0.15, 0.2) is 53.6 Å². The molecule has 1 heterocycles. The van der Waals surface area contributed by atoms with Crippen molar-refractivity contribution < 1.29 is 4.79 Å². The topological polar surface area (TPSA) is 56.5 Å². The van der Waals surface area contributed by atoms with Gasteiger partial charge in [0.05, 0.1) is 11.4 Å². The van der Waals surface area contributed by atoms with Crippen molar-refractivity contribution in [3.05, 3.63) is 65.2 Å². The fourth-order valence-electron chi connectivity index (χ4n) is 2.52. The van der Waals surface area contributed by atoms with E-state index < -0.39 is 0 Å². The minimum absolute atomic E-state index is 0.0250. The molecule has 0 aromatic heterocycles. The zero-order valence-electron chi connectivity index (χ0n) is 12.6. The van der Waals surface area contributed by atoms with Crippen molar-refractivity contribution in [1.29, 1.82) is 5.41 Å². The summed E-state index contributed by atoms with van der Waals surface area (Å²) < 4.78 is 0. The molecule has 0 aliphatic carbocycles. The smallest absolute Gasteiger partial charge is 0.294 e. The number of hydrogen-bond acceptors (Lipinski definition) is 3. The van der Waals surface area contributed by atoms with Gasteiger partial charge >= 0.3 is 0 Å².